The van der Waals surface area contributed by atoms with Crippen molar-refractivity contribution < 1.29 is 9.13 Å². The van der Waals surface area contributed by atoms with Gasteiger partial charge in [0.05, 0.1) is 13.2 Å². The van der Waals surface area contributed by atoms with Crippen molar-refractivity contribution in [2.24, 2.45) is 0 Å². The second kappa shape index (κ2) is 6.66. The number of hydrogen-bond donors (Lipinski definition) is 1. The Labute approximate surface area is 121 Å². The van der Waals surface area contributed by atoms with E-state index in [1.54, 1.807) is 6.07 Å². The molecule has 20 heavy (non-hydrogen) atoms. The average molecular weight is 280 g/mol. The number of rotatable bonds is 5. The van der Waals surface area contributed by atoms with Gasteiger partial charge in [-0.05, 0) is 33.4 Å². The van der Waals surface area contributed by atoms with Gasteiger partial charge in [0, 0.05) is 30.2 Å². The molecule has 2 rings (SSSR count). The lowest BCUT2D eigenvalue weighted by Crippen LogP contribution is -2.53. The predicted octanol–water partition coefficient (Wildman–Crippen LogP) is 2.59. The van der Waals surface area contributed by atoms with E-state index in [4.69, 9.17) is 4.74 Å². The first kappa shape index (κ1) is 15.4. The molecule has 112 valence electrons. The molecule has 1 N–H and O–H groups in total. The summed E-state index contributed by atoms with van der Waals surface area (Å²) in [4.78, 5) is 2.43. The van der Waals surface area contributed by atoms with Crippen molar-refractivity contribution in [2.45, 2.75) is 31.8 Å². The molecule has 3 nitrogen and oxygen atoms in total. The molecule has 0 amide bonds. The third-order valence-electron chi connectivity index (χ3n) is 4.13. The summed E-state index contributed by atoms with van der Waals surface area (Å²) in [6.45, 7) is 7.83. The molecule has 1 aromatic carbocycles. The van der Waals surface area contributed by atoms with E-state index in [0.717, 1.165) is 38.3 Å². The summed E-state index contributed by atoms with van der Waals surface area (Å²) in [6.07, 6.45) is 0.890. The summed E-state index contributed by atoms with van der Waals surface area (Å²) in [5.41, 5.74) is 0.812. The minimum atomic E-state index is -0.131. The molecule has 0 aliphatic carbocycles. The van der Waals surface area contributed by atoms with Crippen LogP contribution >= 0.6 is 0 Å². The maximum atomic E-state index is 13.9. The highest BCUT2D eigenvalue weighted by molar-refractivity contribution is 5.21. The Morgan fingerprint density at radius 1 is 1.40 bits per heavy atom. The van der Waals surface area contributed by atoms with Crippen LogP contribution in [0.15, 0.2) is 24.3 Å². The molecular weight excluding hydrogens is 255 g/mol. The molecule has 1 atom stereocenters. The Hall–Kier alpha value is -0.970. The van der Waals surface area contributed by atoms with Gasteiger partial charge in [-0.15, -0.1) is 0 Å². The van der Waals surface area contributed by atoms with Crippen LogP contribution in [0.25, 0.3) is 0 Å². The van der Waals surface area contributed by atoms with E-state index in [1.807, 2.05) is 19.2 Å². The predicted molar refractivity (Wildman–Crippen MR) is 79.3 cm³/mol. The lowest BCUT2D eigenvalue weighted by Gasteiger charge is -2.42. The van der Waals surface area contributed by atoms with E-state index >= 15 is 0 Å². The average Bonchev–Trinajstić information content (AvgIpc) is 2.42. The van der Waals surface area contributed by atoms with Gasteiger partial charge in [0.15, 0.2) is 0 Å². The lowest BCUT2D eigenvalue weighted by molar-refractivity contribution is -0.0520. The number of benzene rings is 1. The Balaban J connectivity index is 1.99. The molecule has 0 bridgehead atoms. The third kappa shape index (κ3) is 3.57. The topological polar surface area (TPSA) is 24.5 Å². The minimum absolute atomic E-state index is 0.0508. The van der Waals surface area contributed by atoms with Gasteiger partial charge < -0.3 is 10.1 Å². The van der Waals surface area contributed by atoms with Gasteiger partial charge in [-0.1, -0.05) is 18.2 Å². The summed E-state index contributed by atoms with van der Waals surface area (Å²) >= 11 is 0. The Kier molecular flexibility index (Phi) is 5.13. The zero-order valence-corrected chi connectivity index (χ0v) is 12.7. The van der Waals surface area contributed by atoms with E-state index < -0.39 is 0 Å². The molecule has 4 heteroatoms. The molecule has 1 aromatic rings. The largest absolute Gasteiger partial charge is 0.378 e. The van der Waals surface area contributed by atoms with Gasteiger partial charge in [-0.2, -0.15) is 0 Å². The number of hydrogen-bond acceptors (Lipinski definition) is 3. The molecule has 1 aliphatic heterocycles. The van der Waals surface area contributed by atoms with Crippen LogP contribution in [0.5, 0.6) is 0 Å². The summed E-state index contributed by atoms with van der Waals surface area (Å²) in [5, 5.41) is 3.23. The molecule has 1 fully saturated rings. The zero-order chi connectivity index (χ0) is 14.6. The van der Waals surface area contributed by atoms with E-state index in [1.165, 1.54) is 6.07 Å². The molecule has 0 aromatic heterocycles. The van der Waals surface area contributed by atoms with Gasteiger partial charge in [0.2, 0.25) is 0 Å². The van der Waals surface area contributed by atoms with E-state index in [0.29, 0.717) is 0 Å². The maximum absolute atomic E-state index is 13.9. The van der Waals surface area contributed by atoms with Gasteiger partial charge in [-0.25, -0.2) is 4.39 Å². The van der Waals surface area contributed by atoms with Crippen LogP contribution in [0.3, 0.4) is 0 Å². The second-order valence-electron chi connectivity index (χ2n) is 6.00. The van der Waals surface area contributed by atoms with Gasteiger partial charge >= 0.3 is 0 Å². The monoisotopic (exact) mass is 280 g/mol. The van der Waals surface area contributed by atoms with Crippen molar-refractivity contribution in [3.63, 3.8) is 0 Å². The smallest absolute Gasteiger partial charge is 0.127 e. The third-order valence-corrected chi connectivity index (χ3v) is 4.13. The highest BCUT2D eigenvalue weighted by Gasteiger charge is 2.30. The fourth-order valence-electron chi connectivity index (χ4n) is 2.80. The molecule has 1 aliphatic rings. The minimum Gasteiger partial charge on any atom is -0.378 e. The normalized spacial score (nSPS) is 20.8. The van der Waals surface area contributed by atoms with Crippen molar-refractivity contribution >= 4 is 0 Å². The summed E-state index contributed by atoms with van der Waals surface area (Å²) in [7, 11) is 1.89. The van der Waals surface area contributed by atoms with Crippen LogP contribution in [0, 0.1) is 5.82 Å². The number of morpholine rings is 1. The lowest BCUT2D eigenvalue weighted by atomic mass is 9.99. The number of nitrogens with one attached hydrogen (secondary N) is 1. The quantitative estimate of drug-likeness (QED) is 0.897. The molecule has 0 saturated carbocycles. The van der Waals surface area contributed by atoms with E-state index in [9.17, 15) is 4.39 Å². The van der Waals surface area contributed by atoms with Crippen LogP contribution in [0.2, 0.25) is 0 Å². The second-order valence-corrected chi connectivity index (χ2v) is 6.00. The first-order valence-electron chi connectivity index (χ1n) is 7.29. The molecule has 1 heterocycles. The standard InChI is InChI=1S/C16H25FN2O/c1-16(2)12-20-11-10-19(16)9-8-15(18-3)13-6-4-5-7-14(13)17/h4-7,15,18H,8-12H2,1-3H3. The van der Waals surface area contributed by atoms with Crippen LogP contribution in [-0.2, 0) is 4.74 Å². The summed E-state index contributed by atoms with van der Waals surface area (Å²) < 4.78 is 19.4. The summed E-state index contributed by atoms with van der Waals surface area (Å²) in [5.74, 6) is -0.131. The highest BCUT2D eigenvalue weighted by atomic mass is 19.1. The molecule has 1 saturated heterocycles. The Bertz CT molecular complexity index is 436. The van der Waals surface area contributed by atoms with Gasteiger partial charge in [-0.3, -0.25) is 4.90 Å². The Morgan fingerprint density at radius 2 is 2.15 bits per heavy atom. The summed E-state index contributed by atoms with van der Waals surface area (Å²) in [6, 6.07) is 7.06. The van der Waals surface area contributed by atoms with Gasteiger partial charge in [0.1, 0.15) is 5.82 Å². The number of halogens is 1. The number of nitrogens with zero attached hydrogens (tertiary/aromatic N) is 1. The van der Waals surface area contributed by atoms with E-state index in [-0.39, 0.29) is 17.4 Å². The highest BCUT2D eigenvalue weighted by Crippen LogP contribution is 2.24. The first-order valence-corrected chi connectivity index (χ1v) is 7.29. The van der Waals surface area contributed by atoms with Crippen molar-refractivity contribution in [3.8, 4) is 0 Å². The molecule has 0 spiro atoms. The van der Waals surface area contributed by atoms with Gasteiger partial charge in [0.25, 0.3) is 0 Å². The van der Waals surface area contributed by atoms with Crippen LogP contribution in [-0.4, -0.2) is 43.8 Å². The number of ether oxygens (including phenoxy) is 1. The molecule has 0 radical (unpaired) electrons. The van der Waals surface area contributed by atoms with Crippen LogP contribution < -0.4 is 5.32 Å². The Morgan fingerprint density at radius 3 is 2.80 bits per heavy atom. The van der Waals surface area contributed by atoms with Crippen molar-refractivity contribution in [2.75, 3.05) is 33.4 Å². The van der Waals surface area contributed by atoms with E-state index in [2.05, 4.69) is 24.1 Å². The fraction of sp³-hybridized carbons (Fsp3) is 0.625. The maximum Gasteiger partial charge on any atom is 0.127 e. The van der Waals surface area contributed by atoms with Crippen LogP contribution in [0.1, 0.15) is 31.9 Å². The first-order chi connectivity index (χ1) is 9.54. The molecule has 1 unspecified atom stereocenters. The van der Waals surface area contributed by atoms with Crippen molar-refractivity contribution in [1.29, 1.82) is 0 Å². The van der Waals surface area contributed by atoms with Crippen LogP contribution in [0.4, 0.5) is 4.39 Å². The zero-order valence-electron chi connectivity index (χ0n) is 12.7. The van der Waals surface area contributed by atoms with Crippen molar-refractivity contribution in [3.05, 3.63) is 35.6 Å². The SMILES string of the molecule is CNC(CCN1CCOCC1(C)C)c1ccccc1F. The van der Waals surface area contributed by atoms with Crippen molar-refractivity contribution in [1.82, 2.24) is 10.2 Å². The fourth-order valence-corrected chi connectivity index (χ4v) is 2.80. The molecular formula is C16H25FN2O.